The third-order valence-corrected chi connectivity index (χ3v) is 6.12. The van der Waals surface area contributed by atoms with E-state index in [4.69, 9.17) is 11.6 Å². The smallest absolute Gasteiger partial charge is 0.350 e. The van der Waals surface area contributed by atoms with E-state index in [0.29, 0.717) is 0 Å². The highest BCUT2D eigenvalue weighted by Gasteiger charge is 2.43. The van der Waals surface area contributed by atoms with Gasteiger partial charge in [0.25, 0.3) is 0 Å². The summed E-state index contributed by atoms with van der Waals surface area (Å²) in [5.74, 6) is -0.541. The number of nitrogens with one attached hydrogen (secondary N) is 1. The van der Waals surface area contributed by atoms with Crippen LogP contribution >= 0.6 is 11.6 Å². The van der Waals surface area contributed by atoms with Crippen LogP contribution in [0.15, 0.2) is 30.3 Å². The van der Waals surface area contributed by atoms with E-state index in [9.17, 15) is 18.0 Å². The first-order chi connectivity index (χ1) is 15.1. The molecular formula is C22H23ClF3N5O. The highest BCUT2D eigenvalue weighted by atomic mass is 35.5. The van der Waals surface area contributed by atoms with E-state index in [2.05, 4.69) is 15.5 Å². The monoisotopic (exact) mass is 465 g/mol. The van der Waals surface area contributed by atoms with Gasteiger partial charge in [-0.2, -0.15) is 23.4 Å². The number of carbonyl (C=O) groups excluding carboxylic acids is 1. The SMILES string of the molecule is Cc1nn(-c2ccccc2)c(C)c1CNC(=O)C(C)n1nc(C(F)(F)F)c(Cl)c1C1CC1. The van der Waals surface area contributed by atoms with Gasteiger partial charge in [0.1, 0.15) is 6.04 Å². The minimum atomic E-state index is -4.68. The standard InChI is InChI=1S/C22H23ClF3N5O/c1-12-17(13(2)30(28-12)16-7-5-4-6-8-16)11-27-21(32)14(3)31-19(15-9-10-15)18(23)20(29-31)22(24,25)26/h4-8,14-15H,9-11H2,1-3H3,(H,27,32). The number of carbonyl (C=O) groups is 1. The lowest BCUT2D eigenvalue weighted by molar-refractivity contribution is -0.141. The molecule has 0 aliphatic heterocycles. The largest absolute Gasteiger partial charge is 0.436 e. The number of rotatable bonds is 6. The van der Waals surface area contributed by atoms with Gasteiger partial charge in [-0.3, -0.25) is 9.48 Å². The van der Waals surface area contributed by atoms with Crippen molar-refractivity contribution in [1.82, 2.24) is 24.9 Å². The molecule has 32 heavy (non-hydrogen) atoms. The lowest BCUT2D eigenvalue weighted by Gasteiger charge is -2.16. The van der Waals surface area contributed by atoms with E-state index >= 15 is 0 Å². The molecule has 1 N–H and O–H groups in total. The first kappa shape index (κ1) is 22.4. The number of benzene rings is 1. The van der Waals surface area contributed by atoms with Crippen LogP contribution in [0.5, 0.6) is 0 Å². The van der Waals surface area contributed by atoms with Gasteiger partial charge in [-0.25, -0.2) is 4.68 Å². The van der Waals surface area contributed by atoms with Gasteiger partial charge in [-0.15, -0.1) is 0 Å². The van der Waals surface area contributed by atoms with Crippen molar-refractivity contribution in [2.75, 3.05) is 0 Å². The molecule has 0 radical (unpaired) electrons. The van der Waals surface area contributed by atoms with Gasteiger partial charge in [0, 0.05) is 23.7 Å². The third-order valence-electron chi connectivity index (χ3n) is 5.75. The molecule has 1 saturated carbocycles. The molecule has 6 nitrogen and oxygen atoms in total. The normalized spacial score (nSPS) is 15.1. The highest BCUT2D eigenvalue weighted by molar-refractivity contribution is 6.32. The van der Waals surface area contributed by atoms with Gasteiger partial charge < -0.3 is 5.32 Å². The zero-order valence-electron chi connectivity index (χ0n) is 17.9. The minimum Gasteiger partial charge on any atom is -0.350 e. The van der Waals surface area contributed by atoms with Gasteiger partial charge in [-0.1, -0.05) is 29.8 Å². The van der Waals surface area contributed by atoms with Crippen LogP contribution in [0, 0.1) is 13.8 Å². The van der Waals surface area contributed by atoms with Crippen molar-refractivity contribution in [2.24, 2.45) is 0 Å². The van der Waals surface area contributed by atoms with E-state index in [0.717, 1.165) is 40.2 Å². The zero-order chi connectivity index (χ0) is 23.2. The van der Waals surface area contributed by atoms with Crippen molar-refractivity contribution in [1.29, 1.82) is 0 Å². The Morgan fingerprint density at radius 1 is 1.22 bits per heavy atom. The summed E-state index contributed by atoms with van der Waals surface area (Å²) in [5, 5.41) is 10.6. The zero-order valence-corrected chi connectivity index (χ0v) is 18.6. The van der Waals surface area contributed by atoms with Crippen molar-refractivity contribution in [3.63, 3.8) is 0 Å². The molecule has 3 aromatic rings. The topological polar surface area (TPSA) is 64.7 Å². The lowest BCUT2D eigenvalue weighted by Crippen LogP contribution is -2.32. The Balaban J connectivity index is 1.54. The molecule has 2 aromatic heterocycles. The van der Waals surface area contributed by atoms with Gasteiger partial charge >= 0.3 is 6.18 Å². The van der Waals surface area contributed by atoms with Crippen LogP contribution in [-0.2, 0) is 17.5 Å². The van der Waals surface area contributed by atoms with E-state index in [1.165, 1.54) is 6.92 Å². The number of hydrogen-bond donors (Lipinski definition) is 1. The maximum absolute atomic E-state index is 13.3. The Morgan fingerprint density at radius 2 is 1.88 bits per heavy atom. The number of aromatic nitrogens is 4. The van der Waals surface area contributed by atoms with Crippen LogP contribution in [-0.4, -0.2) is 25.5 Å². The van der Waals surface area contributed by atoms with Gasteiger partial charge in [0.15, 0.2) is 5.69 Å². The fourth-order valence-corrected chi connectivity index (χ4v) is 4.20. The predicted octanol–water partition coefficient (Wildman–Crippen LogP) is 5.11. The average Bonchev–Trinajstić information content (AvgIpc) is 3.46. The van der Waals surface area contributed by atoms with Crippen LogP contribution in [0.2, 0.25) is 5.02 Å². The molecule has 10 heteroatoms. The number of aryl methyl sites for hydroxylation is 1. The van der Waals surface area contributed by atoms with E-state index in [1.807, 2.05) is 44.2 Å². The summed E-state index contributed by atoms with van der Waals surface area (Å²) < 4.78 is 42.9. The summed E-state index contributed by atoms with van der Waals surface area (Å²) in [7, 11) is 0. The third kappa shape index (κ3) is 4.13. The summed E-state index contributed by atoms with van der Waals surface area (Å²) in [4.78, 5) is 12.9. The van der Waals surface area contributed by atoms with Crippen LogP contribution in [0.3, 0.4) is 0 Å². The van der Waals surface area contributed by atoms with Crippen molar-refractivity contribution in [3.05, 3.63) is 63.7 Å². The minimum absolute atomic E-state index is 0.102. The highest BCUT2D eigenvalue weighted by Crippen LogP contribution is 2.47. The molecular weight excluding hydrogens is 443 g/mol. The van der Waals surface area contributed by atoms with E-state index < -0.39 is 28.8 Å². The number of amides is 1. The first-order valence-electron chi connectivity index (χ1n) is 10.3. The summed E-state index contributed by atoms with van der Waals surface area (Å²) in [6, 6.07) is 8.67. The summed E-state index contributed by atoms with van der Waals surface area (Å²) in [6.07, 6.45) is -3.22. The Bertz CT molecular complexity index is 1150. The first-order valence-corrected chi connectivity index (χ1v) is 10.7. The van der Waals surface area contributed by atoms with Crippen molar-refractivity contribution in [2.45, 2.75) is 58.3 Å². The number of nitrogens with zero attached hydrogens (tertiary/aromatic N) is 4. The Hall–Kier alpha value is -2.81. The Labute approximate surface area is 188 Å². The van der Waals surface area contributed by atoms with Crippen LogP contribution in [0.1, 0.15) is 60.1 Å². The molecule has 170 valence electrons. The molecule has 0 spiro atoms. The van der Waals surface area contributed by atoms with Crippen molar-refractivity contribution < 1.29 is 18.0 Å². The molecule has 1 amide bonds. The number of hydrogen-bond acceptors (Lipinski definition) is 3. The molecule has 1 aliphatic carbocycles. The molecule has 0 bridgehead atoms. The summed E-state index contributed by atoms with van der Waals surface area (Å²) in [6.45, 7) is 5.49. The van der Waals surface area contributed by atoms with Crippen LogP contribution in [0.25, 0.3) is 5.69 Å². The van der Waals surface area contributed by atoms with Crippen LogP contribution < -0.4 is 5.32 Å². The Morgan fingerprint density at radius 3 is 2.47 bits per heavy atom. The second kappa shape index (κ2) is 8.27. The summed E-state index contributed by atoms with van der Waals surface area (Å²) >= 11 is 6.03. The fraction of sp³-hybridized carbons (Fsp3) is 0.409. The van der Waals surface area contributed by atoms with Crippen molar-refractivity contribution >= 4 is 17.5 Å². The molecule has 1 aliphatic rings. The van der Waals surface area contributed by atoms with Gasteiger partial charge in [-0.05, 0) is 45.7 Å². The molecule has 1 aromatic carbocycles. The second-order valence-corrected chi connectivity index (χ2v) is 8.43. The quantitative estimate of drug-likeness (QED) is 0.550. The van der Waals surface area contributed by atoms with Crippen molar-refractivity contribution in [3.8, 4) is 5.69 Å². The molecule has 1 fully saturated rings. The Kier molecular flexibility index (Phi) is 5.79. The molecule has 1 unspecified atom stereocenters. The van der Waals surface area contributed by atoms with Gasteiger partial charge in [0.05, 0.1) is 22.1 Å². The molecule has 4 rings (SSSR count). The fourth-order valence-electron chi connectivity index (χ4n) is 3.81. The van der Waals surface area contributed by atoms with E-state index in [1.54, 1.807) is 4.68 Å². The number of halogens is 4. The predicted molar refractivity (Wildman–Crippen MR) is 114 cm³/mol. The maximum atomic E-state index is 13.3. The average molecular weight is 466 g/mol. The summed E-state index contributed by atoms with van der Waals surface area (Å²) in [5.41, 5.74) is 2.54. The molecule has 1 atom stereocenters. The van der Waals surface area contributed by atoms with Crippen LogP contribution in [0.4, 0.5) is 13.2 Å². The molecule has 0 saturated heterocycles. The van der Waals surface area contributed by atoms with E-state index in [-0.39, 0.29) is 18.2 Å². The number of alkyl halides is 3. The maximum Gasteiger partial charge on any atom is 0.436 e. The second-order valence-electron chi connectivity index (χ2n) is 8.05. The lowest BCUT2D eigenvalue weighted by atomic mass is 10.2. The molecule has 2 heterocycles. The van der Waals surface area contributed by atoms with Gasteiger partial charge in [0.2, 0.25) is 5.91 Å². The number of para-hydroxylation sites is 1.